The first-order valence-electron chi connectivity index (χ1n) is 5.12. The molecule has 0 unspecified atom stereocenters. The zero-order valence-electron chi connectivity index (χ0n) is 9.45. The summed E-state index contributed by atoms with van der Waals surface area (Å²) >= 11 is 0. The number of aromatic nitrogens is 2. The maximum absolute atomic E-state index is 13.3. The molecule has 1 amide bonds. The molecule has 4 nitrogen and oxygen atoms in total. The summed E-state index contributed by atoms with van der Waals surface area (Å²) in [7, 11) is 0. The molecule has 92 valence electrons. The molecule has 0 radical (unpaired) electrons. The van der Waals surface area contributed by atoms with Crippen molar-refractivity contribution in [2.45, 2.75) is 6.92 Å². The first-order chi connectivity index (χ1) is 8.58. The molecule has 2 aromatic rings. The molecule has 6 heteroatoms. The first kappa shape index (κ1) is 12.1. The molecule has 0 fully saturated rings. The lowest BCUT2D eigenvalue weighted by Crippen LogP contribution is -2.15. The SMILES string of the molecule is Cc1cc(NC(=O)c2ccnc(F)c2F)ccn1. The van der Waals surface area contributed by atoms with Crippen LogP contribution in [0.3, 0.4) is 0 Å². The summed E-state index contributed by atoms with van der Waals surface area (Å²) in [5.41, 5.74) is 0.773. The van der Waals surface area contributed by atoms with E-state index in [-0.39, 0.29) is 0 Å². The fourth-order valence-electron chi connectivity index (χ4n) is 1.42. The number of nitrogens with one attached hydrogen (secondary N) is 1. The molecular formula is C12H9F2N3O. The minimum absolute atomic E-state index is 0.392. The van der Waals surface area contributed by atoms with Crippen LogP contribution in [0.25, 0.3) is 0 Å². The van der Waals surface area contributed by atoms with Crippen LogP contribution in [0.4, 0.5) is 14.5 Å². The van der Waals surface area contributed by atoms with E-state index < -0.39 is 23.2 Å². The number of aryl methyl sites for hydroxylation is 1. The van der Waals surface area contributed by atoms with E-state index in [9.17, 15) is 13.6 Å². The van der Waals surface area contributed by atoms with Crippen molar-refractivity contribution in [2.75, 3.05) is 5.32 Å². The van der Waals surface area contributed by atoms with Crippen molar-refractivity contribution in [3.63, 3.8) is 0 Å². The van der Waals surface area contributed by atoms with Gasteiger partial charge in [-0.2, -0.15) is 4.39 Å². The number of hydrogen-bond donors (Lipinski definition) is 1. The van der Waals surface area contributed by atoms with Crippen molar-refractivity contribution in [1.82, 2.24) is 9.97 Å². The van der Waals surface area contributed by atoms with Gasteiger partial charge in [-0.15, -0.1) is 0 Å². The van der Waals surface area contributed by atoms with E-state index in [1.165, 1.54) is 6.20 Å². The lowest BCUT2D eigenvalue weighted by molar-refractivity contribution is 0.102. The van der Waals surface area contributed by atoms with Crippen molar-refractivity contribution >= 4 is 11.6 Å². The summed E-state index contributed by atoms with van der Waals surface area (Å²) in [6.07, 6.45) is 2.54. The second-order valence-electron chi connectivity index (χ2n) is 3.60. The second-order valence-corrected chi connectivity index (χ2v) is 3.60. The number of anilines is 1. The maximum atomic E-state index is 13.3. The monoisotopic (exact) mass is 249 g/mol. The van der Waals surface area contributed by atoms with Gasteiger partial charge in [0.15, 0.2) is 5.82 Å². The molecule has 0 aliphatic heterocycles. The first-order valence-corrected chi connectivity index (χ1v) is 5.12. The van der Waals surface area contributed by atoms with Crippen molar-refractivity contribution in [3.8, 4) is 0 Å². The van der Waals surface area contributed by atoms with Gasteiger partial charge in [0.1, 0.15) is 0 Å². The third-order valence-corrected chi connectivity index (χ3v) is 2.25. The number of carbonyl (C=O) groups is 1. The van der Waals surface area contributed by atoms with Gasteiger partial charge in [0.25, 0.3) is 5.91 Å². The Morgan fingerprint density at radius 1 is 1.22 bits per heavy atom. The highest BCUT2D eigenvalue weighted by molar-refractivity contribution is 6.04. The molecule has 1 N–H and O–H groups in total. The number of nitrogens with zero attached hydrogens (tertiary/aromatic N) is 2. The molecular weight excluding hydrogens is 240 g/mol. The zero-order valence-corrected chi connectivity index (χ0v) is 9.45. The van der Waals surface area contributed by atoms with Crippen molar-refractivity contribution in [3.05, 3.63) is 53.6 Å². The minimum atomic E-state index is -1.30. The summed E-state index contributed by atoms with van der Waals surface area (Å²) in [5, 5.41) is 2.45. The van der Waals surface area contributed by atoms with E-state index in [1.807, 2.05) is 0 Å². The predicted molar refractivity (Wildman–Crippen MR) is 61.1 cm³/mol. The molecule has 0 saturated heterocycles. The maximum Gasteiger partial charge on any atom is 0.258 e. The number of rotatable bonds is 2. The molecule has 0 aromatic carbocycles. The van der Waals surface area contributed by atoms with Crippen LogP contribution in [-0.4, -0.2) is 15.9 Å². The normalized spacial score (nSPS) is 10.2. The van der Waals surface area contributed by atoms with Crippen LogP contribution in [0.15, 0.2) is 30.6 Å². The highest BCUT2D eigenvalue weighted by Crippen LogP contribution is 2.13. The van der Waals surface area contributed by atoms with Crippen LogP contribution in [0.2, 0.25) is 0 Å². The van der Waals surface area contributed by atoms with Crippen LogP contribution < -0.4 is 5.32 Å². The number of pyridine rings is 2. The van der Waals surface area contributed by atoms with E-state index in [0.717, 1.165) is 12.3 Å². The van der Waals surface area contributed by atoms with Crippen LogP contribution in [-0.2, 0) is 0 Å². The number of hydrogen-bond acceptors (Lipinski definition) is 3. The van der Waals surface area contributed by atoms with Gasteiger partial charge in [-0.3, -0.25) is 9.78 Å². The third-order valence-electron chi connectivity index (χ3n) is 2.25. The highest BCUT2D eigenvalue weighted by Gasteiger charge is 2.16. The Bertz CT molecular complexity index is 602. The Kier molecular flexibility index (Phi) is 3.27. The standard InChI is InChI=1S/C12H9F2N3O/c1-7-6-8(2-4-15-7)17-12(18)9-3-5-16-11(14)10(9)13/h2-6H,1H3,(H,15,17,18). The van der Waals surface area contributed by atoms with Crippen LogP contribution in [0.5, 0.6) is 0 Å². The molecule has 0 aliphatic rings. The molecule has 2 heterocycles. The lowest BCUT2D eigenvalue weighted by Gasteiger charge is -2.06. The zero-order chi connectivity index (χ0) is 13.1. The fraction of sp³-hybridized carbons (Fsp3) is 0.0833. The van der Waals surface area contributed by atoms with Gasteiger partial charge < -0.3 is 5.32 Å². The Hall–Kier alpha value is -2.37. The fourth-order valence-corrected chi connectivity index (χ4v) is 1.42. The Labute approximate surface area is 102 Å². The van der Waals surface area contributed by atoms with Crippen LogP contribution in [0, 0.1) is 18.7 Å². The Balaban J connectivity index is 2.25. The Morgan fingerprint density at radius 3 is 2.67 bits per heavy atom. The van der Waals surface area contributed by atoms with E-state index in [2.05, 4.69) is 15.3 Å². The van der Waals surface area contributed by atoms with Gasteiger partial charge in [0.2, 0.25) is 5.95 Å². The molecule has 0 spiro atoms. The topological polar surface area (TPSA) is 54.9 Å². The Morgan fingerprint density at radius 2 is 1.94 bits per heavy atom. The van der Waals surface area contributed by atoms with Gasteiger partial charge in [0, 0.05) is 23.8 Å². The van der Waals surface area contributed by atoms with E-state index >= 15 is 0 Å². The van der Waals surface area contributed by atoms with E-state index in [4.69, 9.17) is 0 Å². The quantitative estimate of drug-likeness (QED) is 0.831. The van der Waals surface area contributed by atoms with Crippen LogP contribution >= 0.6 is 0 Å². The summed E-state index contributed by atoms with van der Waals surface area (Å²) in [5.74, 6) is -3.30. The molecule has 0 bridgehead atoms. The highest BCUT2D eigenvalue weighted by atomic mass is 19.2. The largest absolute Gasteiger partial charge is 0.322 e. The molecule has 0 aliphatic carbocycles. The van der Waals surface area contributed by atoms with E-state index in [1.54, 1.807) is 19.1 Å². The van der Waals surface area contributed by atoms with Crippen LogP contribution in [0.1, 0.15) is 16.1 Å². The lowest BCUT2D eigenvalue weighted by atomic mass is 10.2. The summed E-state index contributed by atoms with van der Waals surface area (Å²) in [4.78, 5) is 18.8. The van der Waals surface area contributed by atoms with Gasteiger partial charge in [0.05, 0.1) is 5.56 Å². The van der Waals surface area contributed by atoms with Gasteiger partial charge >= 0.3 is 0 Å². The van der Waals surface area contributed by atoms with Crippen molar-refractivity contribution in [1.29, 1.82) is 0 Å². The molecule has 0 saturated carbocycles. The number of carbonyl (C=O) groups excluding carboxylic acids is 1. The molecule has 2 aromatic heterocycles. The van der Waals surface area contributed by atoms with Gasteiger partial charge in [-0.1, -0.05) is 0 Å². The van der Waals surface area contributed by atoms with Gasteiger partial charge in [-0.05, 0) is 25.1 Å². The molecule has 2 rings (SSSR count). The van der Waals surface area contributed by atoms with Gasteiger partial charge in [-0.25, -0.2) is 9.37 Å². The number of amides is 1. The predicted octanol–water partition coefficient (Wildman–Crippen LogP) is 2.32. The average Bonchev–Trinajstić information content (AvgIpc) is 2.32. The summed E-state index contributed by atoms with van der Waals surface area (Å²) < 4.78 is 26.2. The molecule has 18 heavy (non-hydrogen) atoms. The second kappa shape index (κ2) is 4.87. The summed E-state index contributed by atoms with van der Waals surface area (Å²) in [6.45, 7) is 1.75. The third kappa shape index (κ3) is 2.48. The van der Waals surface area contributed by atoms with E-state index in [0.29, 0.717) is 11.4 Å². The van der Waals surface area contributed by atoms with Crippen molar-refractivity contribution in [2.24, 2.45) is 0 Å². The number of halogens is 2. The van der Waals surface area contributed by atoms with Crippen molar-refractivity contribution < 1.29 is 13.6 Å². The minimum Gasteiger partial charge on any atom is -0.322 e. The average molecular weight is 249 g/mol. The smallest absolute Gasteiger partial charge is 0.258 e. The summed E-state index contributed by atoms with van der Waals surface area (Å²) in [6, 6.07) is 4.29. The molecule has 0 atom stereocenters.